The highest BCUT2D eigenvalue weighted by atomic mass is 16.6. The molecule has 0 saturated heterocycles. The molecule has 0 radical (unpaired) electrons. The smallest absolute Gasteiger partial charge is 0.257 e. The monoisotopic (exact) mass is 161 g/mol. The fourth-order valence-corrected chi connectivity index (χ4v) is 0.402. The summed E-state index contributed by atoms with van der Waals surface area (Å²) in [4.78, 5) is 28.1. The summed E-state index contributed by atoms with van der Waals surface area (Å²) in [6.07, 6.45) is -1.17. The average molecular weight is 161 g/mol. The number of rotatable bonds is 4. The summed E-state index contributed by atoms with van der Waals surface area (Å²) < 4.78 is 0. The van der Waals surface area contributed by atoms with E-state index in [0.29, 0.717) is 0 Å². The van der Waals surface area contributed by atoms with Crippen LogP contribution >= 0.6 is 0 Å². The number of aliphatic carboxylic acids is 2. The van der Waals surface area contributed by atoms with Gasteiger partial charge in [0.2, 0.25) is 0 Å². The summed E-state index contributed by atoms with van der Waals surface area (Å²) >= 11 is 0. The first-order valence-corrected chi connectivity index (χ1v) is 2.49. The minimum absolute atomic E-state index is 1.17. The van der Waals surface area contributed by atoms with E-state index in [1.54, 1.807) is 0 Å². The van der Waals surface area contributed by atoms with Crippen molar-refractivity contribution in [3.8, 4) is 0 Å². The summed E-state index contributed by atoms with van der Waals surface area (Å²) in [5.41, 5.74) is 0. The summed E-state index contributed by atoms with van der Waals surface area (Å²) in [6.45, 7) is 0. The molecule has 7 heteroatoms. The second-order valence-corrected chi connectivity index (χ2v) is 1.70. The molecule has 1 atom stereocenters. The summed E-state index contributed by atoms with van der Waals surface area (Å²) in [6, 6.07) is -2.22. The number of hydrogen-bond acceptors (Lipinski definition) is 6. The molecule has 0 aromatic rings. The van der Waals surface area contributed by atoms with E-state index in [1.165, 1.54) is 0 Å². The Balaban J connectivity index is 4.23. The molecule has 0 spiro atoms. The second-order valence-electron chi connectivity index (χ2n) is 1.70. The standard InChI is InChI=1S/C4H5NO6/c6-3(7)1-2(4(8)9)5(10)11/h2H,1H2,(H,6,7)(H,8,9)/p-2/t2-/m0/s1. The zero-order valence-corrected chi connectivity index (χ0v) is 5.18. The fraction of sp³-hybridized carbons (Fsp3) is 0.500. The maximum atomic E-state index is 9.83. The van der Waals surface area contributed by atoms with Crippen LogP contribution in [0.3, 0.4) is 0 Å². The van der Waals surface area contributed by atoms with Crippen molar-refractivity contribution in [3.05, 3.63) is 10.1 Å². The third kappa shape index (κ3) is 3.14. The van der Waals surface area contributed by atoms with Gasteiger partial charge in [-0.3, -0.25) is 10.1 Å². The molecule has 0 aromatic heterocycles. The summed E-state index contributed by atoms with van der Waals surface area (Å²) in [5, 5.41) is 29.3. The number of carboxylic acids is 2. The van der Waals surface area contributed by atoms with Crippen molar-refractivity contribution in [1.82, 2.24) is 0 Å². The Morgan fingerprint density at radius 3 is 1.91 bits per heavy atom. The van der Waals surface area contributed by atoms with E-state index in [-0.39, 0.29) is 0 Å². The summed E-state index contributed by atoms with van der Waals surface area (Å²) in [7, 11) is 0. The van der Waals surface area contributed by atoms with Crippen molar-refractivity contribution in [2.75, 3.05) is 0 Å². The normalized spacial score (nSPS) is 12.0. The van der Waals surface area contributed by atoms with Gasteiger partial charge in [-0.1, -0.05) is 0 Å². The van der Waals surface area contributed by atoms with Gasteiger partial charge in [0.15, 0.2) is 0 Å². The van der Waals surface area contributed by atoms with Gasteiger partial charge < -0.3 is 19.8 Å². The zero-order valence-electron chi connectivity index (χ0n) is 5.18. The van der Waals surface area contributed by atoms with Crippen LogP contribution in [0.25, 0.3) is 0 Å². The number of nitrogens with zero attached hydrogens (tertiary/aromatic N) is 1. The molecule has 0 heterocycles. The Bertz CT molecular complexity index is 185. The van der Waals surface area contributed by atoms with Crippen LogP contribution in [0.4, 0.5) is 0 Å². The van der Waals surface area contributed by atoms with Gasteiger partial charge in [0, 0.05) is 10.9 Å². The zero-order chi connectivity index (χ0) is 9.02. The second kappa shape index (κ2) is 3.49. The highest BCUT2D eigenvalue weighted by Crippen LogP contribution is 1.93. The molecule has 0 aliphatic heterocycles. The first-order chi connectivity index (χ1) is 4.95. The quantitative estimate of drug-likeness (QED) is 0.311. The van der Waals surface area contributed by atoms with Gasteiger partial charge in [-0.25, -0.2) is 0 Å². The molecule has 0 bridgehead atoms. The number of carbonyl (C=O) groups is 2. The van der Waals surface area contributed by atoms with Crippen LogP contribution in [0.1, 0.15) is 6.42 Å². The first kappa shape index (κ1) is 9.34. The Hall–Kier alpha value is -1.66. The molecule has 7 nitrogen and oxygen atoms in total. The molecule has 0 saturated carbocycles. The highest BCUT2D eigenvalue weighted by Gasteiger charge is 2.21. The molecule has 0 unspecified atom stereocenters. The predicted octanol–water partition coefficient (Wildman–Crippen LogP) is -3.48. The Morgan fingerprint density at radius 2 is 1.82 bits per heavy atom. The molecule has 0 aliphatic rings. The van der Waals surface area contributed by atoms with Crippen molar-refractivity contribution >= 4 is 11.9 Å². The van der Waals surface area contributed by atoms with E-state index in [9.17, 15) is 29.9 Å². The van der Waals surface area contributed by atoms with E-state index in [1.807, 2.05) is 0 Å². The lowest BCUT2D eigenvalue weighted by atomic mass is 10.2. The van der Waals surface area contributed by atoms with Gasteiger partial charge >= 0.3 is 0 Å². The van der Waals surface area contributed by atoms with E-state index in [0.717, 1.165) is 0 Å². The maximum absolute atomic E-state index is 9.83. The Labute approximate surface area is 60.4 Å². The number of nitro groups is 1. The lowest BCUT2D eigenvalue weighted by molar-refractivity contribution is -0.524. The van der Waals surface area contributed by atoms with Crippen LogP contribution in [0.15, 0.2) is 0 Å². The van der Waals surface area contributed by atoms with Crippen molar-refractivity contribution in [1.29, 1.82) is 0 Å². The van der Waals surface area contributed by atoms with Gasteiger partial charge in [-0.2, -0.15) is 0 Å². The van der Waals surface area contributed by atoms with Crippen LogP contribution in [0.2, 0.25) is 0 Å². The molecule has 0 N–H and O–H groups in total. The highest BCUT2D eigenvalue weighted by molar-refractivity contribution is 5.77. The van der Waals surface area contributed by atoms with Crippen LogP contribution in [-0.4, -0.2) is 22.9 Å². The number of hydrogen-bond donors (Lipinski definition) is 0. The lowest BCUT2D eigenvalue weighted by Gasteiger charge is -2.09. The van der Waals surface area contributed by atoms with E-state index >= 15 is 0 Å². The predicted molar refractivity (Wildman–Crippen MR) is 25.4 cm³/mol. The molecule has 0 aromatic carbocycles. The molecular weight excluding hydrogens is 158 g/mol. The van der Waals surface area contributed by atoms with Crippen molar-refractivity contribution in [2.45, 2.75) is 12.5 Å². The van der Waals surface area contributed by atoms with Gasteiger partial charge in [-0.05, 0) is 0 Å². The van der Waals surface area contributed by atoms with Gasteiger partial charge in [-0.15, -0.1) is 0 Å². The van der Waals surface area contributed by atoms with Crippen LogP contribution in [0.5, 0.6) is 0 Å². The van der Waals surface area contributed by atoms with Crippen molar-refractivity contribution in [2.24, 2.45) is 0 Å². The van der Waals surface area contributed by atoms with Gasteiger partial charge in [0.05, 0.1) is 6.42 Å². The van der Waals surface area contributed by atoms with Gasteiger partial charge in [0.1, 0.15) is 5.97 Å². The molecule has 11 heavy (non-hydrogen) atoms. The van der Waals surface area contributed by atoms with E-state index < -0.39 is 29.3 Å². The topological polar surface area (TPSA) is 123 Å². The summed E-state index contributed by atoms with van der Waals surface area (Å²) in [5.74, 6) is -3.82. The largest absolute Gasteiger partial charge is 0.550 e. The molecule has 0 rings (SSSR count). The molecule has 0 aliphatic carbocycles. The average Bonchev–Trinajstić information content (AvgIpc) is 1.81. The van der Waals surface area contributed by atoms with Crippen LogP contribution in [0, 0.1) is 10.1 Å². The molecular formula is C4H3NO6-2. The van der Waals surface area contributed by atoms with Crippen molar-refractivity contribution < 1.29 is 24.7 Å². The van der Waals surface area contributed by atoms with Gasteiger partial charge in [0.25, 0.3) is 6.04 Å². The minimum atomic E-state index is -2.22. The van der Waals surface area contributed by atoms with Crippen LogP contribution in [-0.2, 0) is 9.59 Å². The fourth-order valence-electron chi connectivity index (χ4n) is 0.402. The number of carboxylic acid groups (broad SMARTS) is 2. The first-order valence-electron chi connectivity index (χ1n) is 2.49. The minimum Gasteiger partial charge on any atom is -0.550 e. The Morgan fingerprint density at radius 1 is 1.36 bits per heavy atom. The SMILES string of the molecule is O=C([O-])C[C@@H](C(=O)[O-])[N+](=O)[O-]. The lowest BCUT2D eigenvalue weighted by Crippen LogP contribution is -2.44. The Kier molecular flexibility index (Phi) is 2.97. The third-order valence-corrected chi connectivity index (χ3v) is 0.887. The molecule has 62 valence electrons. The van der Waals surface area contributed by atoms with E-state index in [4.69, 9.17) is 0 Å². The van der Waals surface area contributed by atoms with Crippen molar-refractivity contribution in [3.63, 3.8) is 0 Å². The maximum Gasteiger partial charge on any atom is 0.257 e. The van der Waals surface area contributed by atoms with Crippen LogP contribution < -0.4 is 10.2 Å². The van der Waals surface area contributed by atoms with E-state index in [2.05, 4.69) is 0 Å². The molecule has 0 amide bonds. The number of carbonyl (C=O) groups excluding carboxylic acids is 2. The third-order valence-electron chi connectivity index (χ3n) is 0.887. The molecule has 0 fully saturated rings.